The molecule has 0 saturated carbocycles. The fraction of sp³-hybridized carbons (Fsp3) is 0.267. The minimum atomic E-state index is -0.118. The molecule has 0 aliphatic heterocycles. The molecule has 2 N–H and O–H groups in total. The molecule has 0 saturated heterocycles. The molecule has 2 aromatic rings. The van der Waals surface area contributed by atoms with Gasteiger partial charge in [0.05, 0.1) is 12.8 Å². The summed E-state index contributed by atoms with van der Waals surface area (Å²) in [5, 5.41) is 6.09. The third-order valence-corrected chi connectivity index (χ3v) is 5.02. The van der Waals surface area contributed by atoms with Crippen LogP contribution in [0.2, 0.25) is 0 Å². The summed E-state index contributed by atoms with van der Waals surface area (Å²) in [4.78, 5) is 13.6. The Morgan fingerprint density at radius 3 is 2.71 bits per heavy atom. The van der Waals surface area contributed by atoms with Crippen LogP contribution >= 0.6 is 27.3 Å². The Kier molecular flexibility index (Phi) is 5.25. The number of carbonyl (C=O) groups is 1. The Morgan fingerprint density at radius 2 is 2.14 bits per heavy atom. The van der Waals surface area contributed by atoms with Crippen molar-refractivity contribution < 1.29 is 9.53 Å². The highest BCUT2D eigenvalue weighted by Crippen LogP contribution is 2.30. The number of aryl methyl sites for hydroxylation is 1. The molecule has 0 aliphatic rings. The lowest BCUT2D eigenvalue weighted by atomic mass is 10.2. The topological polar surface area (TPSA) is 50.4 Å². The van der Waals surface area contributed by atoms with Crippen molar-refractivity contribution in [3.63, 3.8) is 0 Å². The summed E-state index contributed by atoms with van der Waals surface area (Å²) < 4.78 is 6.44. The number of nitrogens with one attached hydrogen (secondary N) is 2. The van der Waals surface area contributed by atoms with Gasteiger partial charge in [0.15, 0.2) is 0 Å². The number of anilines is 2. The molecular weight excluding hydrogens is 352 g/mol. The van der Waals surface area contributed by atoms with Crippen LogP contribution in [0, 0.1) is 6.92 Å². The molecule has 2 rings (SSSR count). The fourth-order valence-electron chi connectivity index (χ4n) is 1.89. The van der Waals surface area contributed by atoms with Crippen molar-refractivity contribution >= 4 is 44.5 Å². The van der Waals surface area contributed by atoms with Gasteiger partial charge in [0.2, 0.25) is 5.91 Å². The zero-order chi connectivity index (χ0) is 15.4. The molecule has 0 aliphatic carbocycles. The van der Waals surface area contributed by atoms with E-state index in [2.05, 4.69) is 39.6 Å². The molecule has 0 bridgehead atoms. The molecule has 1 heterocycles. The molecule has 0 atom stereocenters. The van der Waals surface area contributed by atoms with Gasteiger partial charge in [0.1, 0.15) is 5.75 Å². The monoisotopic (exact) mass is 368 g/mol. The third kappa shape index (κ3) is 4.22. The molecule has 0 radical (unpaired) electrons. The molecular formula is C15H17BrN2O2S. The molecule has 112 valence electrons. The van der Waals surface area contributed by atoms with Crippen molar-refractivity contribution in [1.29, 1.82) is 0 Å². The summed E-state index contributed by atoms with van der Waals surface area (Å²) in [6.07, 6.45) is 0. The van der Waals surface area contributed by atoms with Gasteiger partial charge in [-0.1, -0.05) is 0 Å². The summed E-state index contributed by atoms with van der Waals surface area (Å²) in [5.41, 5.74) is 1.62. The Morgan fingerprint density at radius 1 is 1.38 bits per heavy atom. The van der Waals surface area contributed by atoms with Crippen molar-refractivity contribution in [2.75, 3.05) is 17.7 Å². The van der Waals surface area contributed by atoms with Crippen molar-refractivity contribution in [3.8, 4) is 5.75 Å². The number of halogens is 1. The zero-order valence-electron chi connectivity index (χ0n) is 12.1. The van der Waals surface area contributed by atoms with Crippen molar-refractivity contribution in [2.24, 2.45) is 0 Å². The summed E-state index contributed by atoms with van der Waals surface area (Å²) in [5.74, 6) is 0.520. The van der Waals surface area contributed by atoms with Crippen molar-refractivity contribution in [2.45, 2.75) is 20.4 Å². The number of carbonyl (C=O) groups excluding carboxylic acids is 1. The van der Waals surface area contributed by atoms with Gasteiger partial charge in [0, 0.05) is 39.4 Å². The quantitative estimate of drug-likeness (QED) is 0.822. The molecule has 0 fully saturated rings. The second kappa shape index (κ2) is 6.95. The average Bonchev–Trinajstić information content (AvgIpc) is 2.76. The van der Waals surface area contributed by atoms with E-state index in [9.17, 15) is 4.79 Å². The van der Waals surface area contributed by atoms with Crippen LogP contribution < -0.4 is 15.4 Å². The van der Waals surface area contributed by atoms with E-state index in [1.165, 1.54) is 16.7 Å². The second-order valence-electron chi connectivity index (χ2n) is 4.57. The number of hydrogen-bond acceptors (Lipinski definition) is 4. The molecule has 1 aromatic heterocycles. The largest absolute Gasteiger partial charge is 0.494 e. The van der Waals surface area contributed by atoms with Crippen LogP contribution in [0.15, 0.2) is 28.7 Å². The Labute approximate surface area is 136 Å². The van der Waals surface area contributed by atoms with E-state index >= 15 is 0 Å². The summed E-state index contributed by atoms with van der Waals surface area (Å²) in [6.45, 7) is 4.31. The number of ether oxygens (including phenoxy) is 1. The lowest BCUT2D eigenvalue weighted by Gasteiger charge is -2.12. The highest BCUT2D eigenvalue weighted by atomic mass is 79.9. The van der Waals surface area contributed by atoms with E-state index in [-0.39, 0.29) is 5.91 Å². The van der Waals surface area contributed by atoms with Crippen molar-refractivity contribution in [3.05, 3.63) is 38.5 Å². The Balaban J connectivity index is 2.08. The first-order valence-corrected chi connectivity index (χ1v) is 8.05. The smallest absolute Gasteiger partial charge is 0.221 e. The van der Waals surface area contributed by atoms with E-state index in [1.807, 2.05) is 18.2 Å². The van der Waals surface area contributed by atoms with Gasteiger partial charge in [0.25, 0.3) is 0 Å². The number of rotatable bonds is 5. The Bertz CT molecular complexity index is 636. The van der Waals surface area contributed by atoms with E-state index < -0.39 is 0 Å². The van der Waals surface area contributed by atoms with E-state index in [4.69, 9.17) is 4.74 Å². The molecule has 4 nitrogen and oxygen atoms in total. The second-order valence-corrected chi connectivity index (χ2v) is 6.76. The van der Waals surface area contributed by atoms with Crippen LogP contribution in [0.5, 0.6) is 5.75 Å². The molecule has 0 spiro atoms. The molecule has 6 heteroatoms. The van der Waals surface area contributed by atoms with E-state index in [1.54, 1.807) is 18.4 Å². The Hall–Kier alpha value is -1.53. The minimum absolute atomic E-state index is 0.118. The number of methoxy groups -OCH3 is 1. The molecule has 0 unspecified atom stereocenters. The maximum absolute atomic E-state index is 11.1. The summed E-state index contributed by atoms with van der Waals surface area (Å²) in [7, 11) is 1.59. The van der Waals surface area contributed by atoms with Crippen molar-refractivity contribution in [1.82, 2.24) is 0 Å². The van der Waals surface area contributed by atoms with Crippen LogP contribution in [0.3, 0.4) is 0 Å². The van der Waals surface area contributed by atoms with Gasteiger partial charge < -0.3 is 15.4 Å². The summed E-state index contributed by atoms with van der Waals surface area (Å²) in [6, 6.07) is 7.75. The third-order valence-electron chi connectivity index (χ3n) is 2.89. The van der Waals surface area contributed by atoms with Gasteiger partial charge in [-0.2, -0.15) is 0 Å². The zero-order valence-corrected chi connectivity index (χ0v) is 14.5. The van der Waals surface area contributed by atoms with Crippen LogP contribution in [0.1, 0.15) is 16.7 Å². The summed E-state index contributed by atoms with van der Waals surface area (Å²) >= 11 is 5.28. The maximum atomic E-state index is 11.1. The van der Waals surface area contributed by atoms with Crippen LogP contribution in [-0.2, 0) is 11.3 Å². The van der Waals surface area contributed by atoms with E-state index in [0.29, 0.717) is 11.4 Å². The first kappa shape index (κ1) is 15.9. The first-order chi connectivity index (χ1) is 9.99. The lowest BCUT2D eigenvalue weighted by Crippen LogP contribution is -2.07. The predicted octanol–water partition coefficient (Wildman–Crippen LogP) is 4.40. The SMILES string of the molecule is COc1cc(NCc2cc(Br)c(C)s2)ccc1NC(C)=O. The molecule has 1 aromatic carbocycles. The average molecular weight is 369 g/mol. The molecule has 21 heavy (non-hydrogen) atoms. The van der Waals surface area contributed by atoms with Gasteiger partial charge in [-0.3, -0.25) is 4.79 Å². The first-order valence-electron chi connectivity index (χ1n) is 6.44. The van der Waals surface area contributed by atoms with Crippen LogP contribution in [-0.4, -0.2) is 13.0 Å². The lowest BCUT2D eigenvalue weighted by molar-refractivity contribution is -0.114. The number of amides is 1. The minimum Gasteiger partial charge on any atom is -0.494 e. The number of benzene rings is 1. The van der Waals surface area contributed by atoms with Gasteiger partial charge in [-0.05, 0) is 41.1 Å². The highest BCUT2D eigenvalue weighted by Gasteiger charge is 2.07. The maximum Gasteiger partial charge on any atom is 0.221 e. The van der Waals surface area contributed by atoms with Crippen LogP contribution in [0.4, 0.5) is 11.4 Å². The highest BCUT2D eigenvalue weighted by molar-refractivity contribution is 9.10. The number of thiophene rings is 1. The van der Waals surface area contributed by atoms with Crippen LogP contribution in [0.25, 0.3) is 0 Å². The normalized spacial score (nSPS) is 10.3. The predicted molar refractivity (Wildman–Crippen MR) is 91.4 cm³/mol. The van der Waals surface area contributed by atoms with E-state index in [0.717, 1.165) is 16.7 Å². The van der Waals surface area contributed by atoms with Gasteiger partial charge >= 0.3 is 0 Å². The van der Waals surface area contributed by atoms with Gasteiger partial charge in [-0.25, -0.2) is 0 Å². The number of hydrogen-bond donors (Lipinski definition) is 2. The van der Waals surface area contributed by atoms with Gasteiger partial charge in [-0.15, -0.1) is 11.3 Å². The molecule has 1 amide bonds. The standard InChI is InChI=1S/C15H17BrN2O2S/c1-9-13(16)7-12(21-9)8-17-11-4-5-14(18-10(2)19)15(6-11)20-3/h4-7,17H,8H2,1-3H3,(H,18,19). The fourth-order valence-corrected chi connectivity index (χ4v) is 3.43.